The van der Waals surface area contributed by atoms with Crippen molar-refractivity contribution in [1.82, 2.24) is 5.32 Å². The zero-order valence-corrected chi connectivity index (χ0v) is 14.6. The molecular weight excluding hydrogens is 284 g/mol. The van der Waals surface area contributed by atoms with Crippen LogP contribution in [-0.2, 0) is 0 Å². The Balaban J connectivity index is 1.42. The first-order valence-corrected chi connectivity index (χ1v) is 9.47. The number of benzene rings is 1. The summed E-state index contributed by atoms with van der Waals surface area (Å²) in [6.07, 6.45) is 9.61. The average molecular weight is 316 g/mol. The van der Waals surface area contributed by atoms with Gasteiger partial charge in [-0.1, -0.05) is 32.1 Å². The van der Waals surface area contributed by atoms with Crippen LogP contribution in [-0.4, -0.2) is 33.3 Å². The van der Waals surface area contributed by atoms with Gasteiger partial charge in [0.25, 0.3) is 0 Å². The third-order valence-corrected chi connectivity index (χ3v) is 5.50. The van der Waals surface area contributed by atoms with Gasteiger partial charge in [-0.05, 0) is 62.5 Å². The predicted molar refractivity (Wildman–Crippen MR) is 97.4 cm³/mol. The lowest BCUT2D eigenvalue weighted by Gasteiger charge is -2.21. The minimum atomic E-state index is 0.784. The van der Waals surface area contributed by atoms with Crippen LogP contribution in [0.25, 0.3) is 0 Å². The molecule has 3 rings (SSSR count). The minimum Gasteiger partial charge on any atom is -0.494 e. The van der Waals surface area contributed by atoms with Gasteiger partial charge in [-0.15, -0.1) is 0 Å². The van der Waals surface area contributed by atoms with Crippen molar-refractivity contribution in [2.45, 2.75) is 44.9 Å². The van der Waals surface area contributed by atoms with Crippen molar-refractivity contribution in [2.75, 3.05) is 38.2 Å². The molecule has 23 heavy (non-hydrogen) atoms. The summed E-state index contributed by atoms with van der Waals surface area (Å²) in [6, 6.07) is 8.72. The lowest BCUT2D eigenvalue weighted by atomic mass is 9.87. The molecule has 0 aromatic heterocycles. The van der Waals surface area contributed by atoms with E-state index < -0.39 is 0 Å². The number of hydrogen-bond donors (Lipinski definition) is 1. The number of rotatable bonds is 7. The molecule has 0 spiro atoms. The SMILES string of the molecule is CNCC1CCN(c2ccc(OCCC3CCCCC3)cc2)C1. The number of hydrogen-bond acceptors (Lipinski definition) is 3. The van der Waals surface area contributed by atoms with Gasteiger partial charge in [0.2, 0.25) is 0 Å². The Morgan fingerprint density at radius 3 is 2.57 bits per heavy atom. The molecule has 1 aromatic rings. The first kappa shape index (κ1) is 16.6. The van der Waals surface area contributed by atoms with E-state index in [1.54, 1.807) is 0 Å². The molecule has 2 aliphatic rings. The van der Waals surface area contributed by atoms with E-state index >= 15 is 0 Å². The molecule has 1 aliphatic heterocycles. The Kier molecular flexibility index (Phi) is 6.21. The van der Waals surface area contributed by atoms with Gasteiger partial charge >= 0.3 is 0 Å². The predicted octanol–water partition coefficient (Wildman–Crippen LogP) is 4.08. The van der Waals surface area contributed by atoms with Crippen molar-refractivity contribution in [3.63, 3.8) is 0 Å². The number of ether oxygens (including phenoxy) is 1. The second-order valence-corrected chi connectivity index (χ2v) is 7.29. The van der Waals surface area contributed by atoms with E-state index in [0.717, 1.165) is 30.7 Å². The van der Waals surface area contributed by atoms with Crippen LogP contribution in [0.5, 0.6) is 5.75 Å². The van der Waals surface area contributed by atoms with E-state index in [-0.39, 0.29) is 0 Å². The highest BCUT2D eigenvalue weighted by atomic mass is 16.5. The summed E-state index contributed by atoms with van der Waals surface area (Å²) in [5.41, 5.74) is 1.34. The second-order valence-electron chi connectivity index (χ2n) is 7.29. The van der Waals surface area contributed by atoms with E-state index in [0.29, 0.717) is 0 Å². The molecular formula is C20H32N2O. The van der Waals surface area contributed by atoms with E-state index in [9.17, 15) is 0 Å². The molecule has 2 fully saturated rings. The van der Waals surface area contributed by atoms with Crippen LogP contribution in [0, 0.1) is 11.8 Å². The Bertz CT molecular complexity index is 453. The Labute approximate surface area is 141 Å². The van der Waals surface area contributed by atoms with Crippen LogP contribution in [0.2, 0.25) is 0 Å². The van der Waals surface area contributed by atoms with E-state index in [2.05, 4.69) is 34.5 Å². The standard InChI is InChI=1S/C20H32N2O/c1-21-15-18-11-13-22(16-18)19-7-9-20(10-8-19)23-14-12-17-5-3-2-4-6-17/h7-10,17-18,21H,2-6,11-16H2,1H3. The maximum atomic E-state index is 5.96. The summed E-state index contributed by atoms with van der Waals surface area (Å²) in [5.74, 6) is 2.71. The molecule has 1 N–H and O–H groups in total. The first-order chi connectivity index (χ1) is 11.3. The first-order valence-electron chi connectivity index (χ1n) is 9.47. The molecule has 1 aliphatic carbocycles. The quantitative estimate of drug-likeness (QED) is 0.820. The highest BCUT2D eigenvalue weighted by Crippen LogP contribution is 2.28. The zero-order chi connectivity index (χ0) is 15.9. The van der Waals surface area contributed by atoms with Crippen molar-refractivity contribution in [2.24, 2.45) is 11.8 Å². The molecule has 0 amide bonds. The van der Waals surface area contributed by atoms with E-state index in [1.807, 2.05) is 7.05 Å². The van der Waals surface area contributed by atoms with Crippen LogP contribution in [0.1, 0.15) is 44.9 Å². The smallest absolute Gasteiger partial charge is 0.119 e. The summed E-state index contributed by atoms with van der Waals surface area (Å²) in [4.78, 5) is 2.49. The zero-order valence-electron chi connectivity index (χ0n) is 14.6. The third-order valence-electron chi connectivity index (χ3n) is 5.50. The van der Waals surface area contributed by atoms with Gasteiger partial charge in [0.15, 0.2) is 0 Å². The van der Waals surface area contributed by atoms with Gasteiger partial charge < -0.3 is 15.0 Å². The molecule has 1 aromatic carbocycles. The van der Waals surface area contributed by atoms with Crippen molar-refractivity contribution >= 4 is 5.69 Å². The summed E-state index contributed by atoms with van der Waals surface area (Å²) >= 11 is 0. The highest BCUT2D eigenvalue weighted by Gasteiger charge is 2.21. The van der Waals surface area contributed by atoms with Crippen molar-refractivity contribution in [3.8, 4) is 5.75 Å². The third kappa shape index (κ3) is 4.87. The Morgan fingerprint density at radius 2 is 1.83 bits per heavy atom. The monoisotopic (exact) mass is 316 g/mol. The fourth-order valence-corrected chi connectivity index (χ4v) is 4.09. The lowest BCUT2D eigenvalue weighted by Crippen LogP contribution is -2.24. The summed E-state index contributed by atoms with van der Waals surface area (Å²) < 4.78 is 5.96. The van der Waals surface area contributed by atoms with Gasteiger partial charge in [0.05, 0.1) is 6.61 Å². The van der Waals surface area contributed by atoms with Gasteiger partial charge in [-0.25, -0.2) is 0 Å². The van der Waals surface area contributed by atoms with Crippen LogP contribution < -0.4 is 15.0 Å². The largest absolute Gasteiger partial charge is 0.494 e. The van der Waals surface area contributed by atoms with Crippen molar-refractivity contribution in [3.05, 3.63) is 24.3 Å². The topological polar surface area (TPSA) is 24.5 Å². The minimum absolute atomic E-state index is 0.784. The molecule has 3 heteroatoms. The molecule has 1 saturated heterocycles. The molecule has 1 unspecified atom stereocenters. The number of anilines is 1. The Morgan fingerprint density at radius 1 is 1.04 bits per heavy atom. The summed E-state index contributed by atoms with van der Waals surface area (Å²) in [6.45, 7) is 4.34. The summed E-state index contributed by atoms with van der Waals surface area (Å²) in [5, 5.41) is 3.29. The molecule has 1 heterocycles. The average Bonchev–Trinajstić information content (AvgIpc) is 3.06. The van der Waals surface area contributed by atoms with Crippen LogP contribution >= 0.6 is 0 Å². The van der Waals surface area contributed by atoms with Crippen LogP contribution in [0.15, 0.2) is 24.3 Å². The normalized spacial score (nSPS) is 22.5. The van der Waals surface area contributed by atoms with Gasteiger partial charge in [0, 0.05) is 18.8 Å². The maximum absolute atomic E-state index is 5.96. The van der Waals surface area contributed by atoms with Crippen molar-refractivity contribution in [1.29, 1.82) is 0 Å². The molecule has 128 valence electrons. The van der Waals surface area contributed by atoms with E-state index in [1.165, 1.54) is 63.7 Å². The fraction of sp³-hybridized carbons (Fsp3) is 0.700. The van der Waals surface area contributed by atoms with Gasteiger partial charge in [-0.2, -0.15) is 0 Å². The lowest BCUT2D eigenvalue weighted by molar-refractivity contribution is 0.246. The molecule has 3 nitrogen and oxygen atoms in total. The second kappa shape index (κ2) is 8.58. The number of nitrogens with zero attached hydrogens (tertiary/aromatic N) is 1. The van der Waals surface area contributed by atoms with Crippen LogP contribution in [0.4, 0.5) is 5.69 Å². The molecule has 0 radical (unpaired) electrons. The molecule has 1 saturated carbocycles. The number of nitrogens with one attached hydrogen (secondary N) is 1. The highest BCUT2D eigenvalue weighted by molar-refractivity contribution is 5.49. The van der Waals surface area contributed by atoms with Crippen molar-refractivity contribution < 1.29 is 4.74 Å². The van der Waals surface area contributed by atoms with Gasteiger partial charge in [-0.3, -0.25) is 0 Å². The van der Waals surface area contributed by atoms with Crippen LogP contribution in [0.3, 0.4) is 0 Å². The Hall–Kier alpha value is -1.22. The maximum Gasteiger partial charge on any atom is 0.119 e. The van der Waals surface area contributed by atoms with Gasteiger partial charge in [0.1, 0.15) is 5.75 Å². The van der Waals surface area contributed by atoms with E-state index in [4.69, 9.17) is 4.74 Å². The molecule has 0 bridgehead atoms. The molecule has 1 atom stereocenters. The summed E-state index contributed by atoms with van der Waals surface area (Å²) in [7, 11) is 2.04. The fourth-order valence-electron chi connectivity index (χ4n) is 4.09.